The van der Waals surface area contributed by atoms with Gasteiger partial charge in [-0.2, -0.15) is 0 Å². The Balaban J connectivity index is 1.55. The highest BCUT2D eigenvalue weighted by atomic mass is 79.9. The third-order valence-electron chi connectivity index (χ3n) is 9.01. The van der Waals surface area contributed by atoms with Crippen LogP contribution in [0, 0.1) is 13.8 Å². The summed E-state index contributed by atoms with van der Waals surface area (Å²) in [6.07, 6.45) is 0. The van der Waals surface area contributed by atoms with Crippen LogP contribution in [0.15, 0.2) is 78.6 Å². The van der Waals surface area contributed by atoms with Crippen molar-refractivity contribution in [1.29, 1.82) is 0 Å². The second-order valence-corrected chi connectivity index (χ2v) is 15.5. The number of hydrogen-bond donors (Lipinski definition) is 0. The third-order valence-corrected chi connectivity index (χ3v) is 11.5. The van der Waals surface area contributed by atoms with Crippen LogP contribution in [-0.4, -0.2) is 23.9 Å². The number of carbonyl (C=O) groups is 4. The maximum atomic E-state index is 13.4. The topological polar surface area (TPSA) is 105 Å². The van der Waals surface area contributed by atoms with Gasteiger partial charge in [-0.25, -0.2) is 19.2 Å². The van der Waals surface area contributed by atoms with Crippen LogP contribution >= 0.6 is 63.7 Å². The minimum atomic E-state index is -0.821. The number of halogens is 4. The lowest BCUT2D eigenvalue weighted by Gasteiger charge is -2.27. The van der Waals surface area contributed by atoms with Gasteiger partial charge in [0.1, 0.15) is 23.0 Å². The molecular formula is C38H16Br4O8. The average molecular weight is 920 g/mol. The minimum Gasteiger partial charge on any atom is -0.455 e. The van der Waals surface area contributed by atoms with Gasteiger partial charge in [0.25, 0.3) is 0 Å². The molecule has 0 unspecified atom stereocenters. The molecule has 0 N–H and O–H groups in total. The number of aryl methyl sites for hydroxylation is 2. The first-order chi connectivity index (χ1) is 23.9. The Morgan fingerprint density at radius 2 is 0.760 bits per heavy atom. The lowest BCUT2D eigenvalue weighted by molar-refractivity contribution is 0.0373. The van der Waals surface area contributed by atoms with Gasteiger partial charge in [-0.05, 0) is 105 Å². The van der Waals surface area contributed by atoms with Gasteiger partial charge < -0.3 is 18.9 Å². The number of carbonyl (C=O) groups excluding carboxylic acids is 4. The first kappa shape index (κ1) is 31.6. The van der Waals surface area contributed by atoms with Crippen molar-refractivity contribution in [3.8, 4) is 23.0 Å². The summed E-state index contributed by atoms with van der Waals surface area (Å²) in [5, 5.41) is 3.94. The normalized spacial score (nSPS) is 13.9. The van der Waals surface area contributed by atoms with Crippen molar-refractivity contribution in [2.24, 2.45) is 0 Å². The molecule has 7 aromatic rings. The fourth-order valence-corrected chi connectivity index (χ4v) is 9.35. The van der Waals surface area contributed by atoms with Gasteiger partial charge in [-0.15, -0.1) is 0 Å². The molecule has 0 spiro atoms. The Hall–Kier alpha value is -4.36. The van der Waals surface area contributed by atoms with Gasteiger partial charge in [0.15, 0.2) is 0 Å². The van der Waals surface area contributed by atoms with Crippen LogP contribution in [0.1, 0.15) is 52.6 Å². The van der Waals surface area contributed by atoms with E-state index in [-0.39, 0.29) is 33.8 Å². The van der Waals surface area contributed by atoms with Gasteiger partial charge in [0.2, 0.25) is 0 Å². The van der Waals surface area contributed by atoms with Crippen LogP contribution in [0.5, 0.6) is 23.0 Å². The number of cyclic esters (lactones) is 4. The average Bonchev–Trinajstić information content (AvgIpc) is 3.06. The van der Waals surface area contributed by atoms with Crippen molar-refractivity contribution in [2.75, 3.05) is 0 Å². The molecule has 2 heterocycles. The van der Waals surface area contributed by atoms with Crippen LogP contribution in [0.2, 0.25) is 0 Å². The molecule has 0 atom stereocenters. The Kier molecular flexibility index (Phi) is 7.00. The zero-order chi connectivity index (χ0) is 34.9. The van der Waals surface area contributed by atoms with Crippen molar-refractivity contribution in [1.82, 2.24) is 0 Å². The van der Waals surface area contributed by atoms with Gasteiger partial charge in [-0.1, -0.05) is 44.0 Å². The van der Waals surface area contributed by atoms with Crippen molar-refractivity contribution >= 4 is 131 Å². The van der Waals surface area contributed by atoms with E-state index in [4.69, 9.17) is 18.9 Å². The van der Waals surface area contributed by atoms with Crippen LogP contribution in [0.4, 0.5) is 0 Å². The molecule has 0 fully saturated rings. The quantitative estimate of drug-likeness (QED) is 0.0744. The Morgan fingerprint density at radius 1 is 0.400 bits per heavy atom. The van der Waals surface area contributed by atoms with Crippen LogP contribution < -0.4 is 9.47 Å². The largest absolute Gasteiger partial charge is 0.455 e. The molecule has 244 valence electrons. The SMILES string of the molecule is Cc1ccc(Oc2cc3c4c(cc(Br)c5c6c(Oc7ccc(C)cc7Br)cc7c8c(cc(Br)c(c2c45)c86)C(=O)OC7=O)C(=O)OC3=O)c(Br)c1. The number of benzene rings is 7. The summed E-state index contributed by atoms with van der Waals surface area (Å²) in [7, 11) is 0. The van der Waals surface area contributed by atoms with E-state index in [1.165, 1.54) is 0 Å². The van der Waals surface area contributed by atoms with E-state index in [2.05, 4.69) is 63.7 Å². The number of hydrogen-bond acceptors (Lipinski definition) is 8. The molecule has 2 aliphatic heterocycles. The van der Waals surface area contributed by atoms with E-state index in [1.807, 2.05) is 38.1 Å². The van der Waals surface area contributed by atoms with E-state index < -0.39 is 23.9 Å². The highest BCUT2D eigenvalue weighted by molar-refractivity contribution is 9.11. The number of esters is 4. The molecule has 50 heavy (non-hydrogen) atoms. The fourth-order valence-electron chi connectivity index (χ4n) is 6.95. The van der Waals surface area contributed by atoms with E-state index in [0.717, 1.165) is 11.1 Å². The molecule has 8 nitrogen and oxygen atoms in total. The van der Waals surface area contributed by atoms with E-state index in [9.17, 15) is 19.2 Å². The van der Waals surface area contributed by atoms with Crippen LogP contribution in [0.25, 0.3) is 43.1 Å². The van der Waals surface area contributed by atoms with Gasteiger partial charge >= 0.3 is 23.9 Å². The Bertz CT molecular complexity index is 2620. The van der Waals surface area contributed by atoms with E-state index >= 15 is 0 Å². The van der Waals surface area contributed by atoms with Gasteiger partial charge in [-0.3, -0.25) is 0 Å². The number of rotatable bonds is 4. The van der Waals surface area contributed by atoms with E-state index in [1.54, 1.807) is 36.4 Å². The summed E-state index contributed by atoms with van der Waals surface area (Å²) in [4.78, 5) is 53.4. The van der Waals surface area contributed by atoms with Crippen molar-refractivity contribution in [2.45, 2.75) is 13.8 Å². The summed E-state index contributed by atoms with van der Waals surface area (Å²) < 4.78 is 26.0. The summed E-state index contributed by atoms with van der Waals surface area (Å²) in [5.74, 6) is -1.75. The number of fused-ring (bicyclic) bond motifs is 2. The summed E-state index contributed by atoms with van der Waals surface area (Å²) in [6, 6.07) is 17.5. The molecule has 9 rings (SSSR count). The third kappa shape index (κ3) is 4.44. The maximum absolute atomic E-state index is 13.4. The second-order valence-electron chi connectivity index (χ2n) is 12.1. The second kappa shape index (κ2) is 11.1. The number of ether oxygens (including phenoxy) is 4. The van der Waals surface area contributed by atoms with E-state index in [0.29, 0.717) is 72.5 Å². The van der Waals surface area contributed by atoms with Crippen molar-refractivity contribution < 1.29 is 38.1 Å². The fraction of sp³-hybridized carbons (Fsp3) is 0.0526. The Labute approximate surface area is 315 Å². The van der Waals surface area contributed by atoms with Crippen LogP contribution in [-0.2, 0) is 9.47 Å². The molecule has 0 radical (unpaired) electrons. The zero-order valence-corrected chi connectivity index (χ0v) is 31.9. The Morgan fingerprint density at radius 3 is 1.12 bits per heavy atom. The minimum absolute atomic E-state index is 0.137. The molecule has 7 aromatic carbocycles. The lowest BCUT2D eigenvalue weighted by Crippen LogP contribution is -2.21. The lowest BCUT2D eigenvalue weighted by atomic mass is 9.82. The highest BCUT2D eigenvalue weighted by Gasteiger charge is 2.37. The standard InChI is InChI=1S/C38H16Br4O8/c1-13-3-5-23(19(39)7-13)47-25-11-17-27-15(35(43)49-37(17)45)10-22(42)30-32-26(48-24-6-4-14(2)8-20(24)40)12-18-28-16(36(44)50-38(18)46)9-21(41)29(34(28)32)31(25)33(27)30/h3-12H,1-2H3. The first-order valence-electron chi connectivity index (χ1n) is 15.0. The maximum Gasteiger partial charge on any atom is 0.346 e. The molecule has 0 amide bonds. The molecule has 0 bridgehead atoms. The van der Waals surface area contributed by atoms with Gasteiger partial charge in [0.05, 0.1) is 31.2 Å². The molecule has 0 saturated carbocycles. The summed E-state index contributed by atoms with van der Waals surface area (Å²) >= 11 is 14.7. The van der Waals surface area contributed by atoms with Crippen molar-refractivity contribution in [3.63, 3.8) is 0 Å². The van der Waals surface area contributed by atoms with Crippen LogP contribution in [0.3, 0.4) is 0 Å². The molecule has 0 aliphatic carbocycles. The molecule has 12 heteroatoms. The zero-order valence-electron chi connectivity index (χ0n) is 25.6. The van der Waals surface area contributed by atoms with Gasteiger partial charge in [0, 0.05) is 52.0 Å². The summed E-state index contributed by atoms with van der Waals surface area (Å²) in [5.41, 5.74) is 2.63. The summed E-state index contributed by atoms with van der Waals surface area (Å²) in [6.45, 7) is 3.90. The monoisotopic (exact) mass is 916 g/mol. The first-order valence-corrected chi connectivity index (χ1v) is 18.2. The molecule has 0 aromatic heterocycles. The molecule has 2 aliphatic rings. The molecular weight excluding hydrogens is 904 g/mol. The molecule has 0 saturated heterocycles. The smallest absolute Gasteiger partial charge is 0.346 e. The highest BCUT2D eigenvalue weighted by Crippen LogP contribution is 2.56. The van der Waals surface area contributed by atoms with Crippen molar-refractivity contribution in [3.05, 3.63) is 112 Å². The predicted octanol–water partition coefficient (Wildman–Crippen LogP) is 11.6. The predicted molar refractivity (Wildman–Crippen MR) is 200 cm³/mol.